The Balaban J connectivity index is 1.54. The van der Waals surface area contributed by atoms with Gasteiger partial charge in [0, 0.05) is 27.2 Å². The van der Waals surface area contributed by atoms with Gasteiger partial charge in [0.1, 0.15) is 5.69 Å². The van der Waals surface area contributed by atoms with E-state index in [0.717, 1.165) is 16.7 Å². The van der Waals surface area contributed by atoms with E-state index in [1.54, 1.807) is 23.0 Å². The Morgan fingerprint density at radius 3 is 2.74 bits per heavy atom. The molecule has 2 heterocycles. The van der Waals surface area contributed by atoms with Crippen LogP contribution in [0.3, 0.4) is 0 Å². The van der Waals surface area contributed by atoms with Crippen LogP contribution in [0.2, 0.25) is 5.02 Å². The molecule has 4 aromatic rings. The molecule has 134 valence electrons. The summed E-state index contributed by atoms with van der Waals surface area (Å²) >= 11 is 7.47. The Labute approximate surface area is 164 Å². The molecule has 0 saturated carbocycles. The van der Waals surface area contributed by atoms with E-state index in [1.807, 2.05) is 37.3 Å². The molecule has 0 aliphatic carbocycles. The molecule has 0 saturated heterocycles. The summed E-state index contributed by atoms with van der Waals surface area (Å²) in [6.07, 6.45) is 0. The van der Waals surface area contributed by atoms with E-state index in [0.29, 0.717) is 28.1 Å². The number of aryl methyl sites for hydroxylation is 1. The van der Waals surface area contributed by atoms with Gasteiger partial charge < -0.3 is 5.32 Å². The fraction of sp³-hybridized carbons (Fsp3) is 0.0526. The van der Waals surface area contributed by atoms with E-state index < -0.39 is 0 Å². The Bertz CT molecular complexity index is 1090. The predicted octanol–water partition coefficient (Wildman–Crippen LogP) is 4.81. The second kappa shape index (κ2) is 7.30. The van der Waals surface area contributed by atoms with Crippen LogP contribution in [-0.2, 0) is 0 Å². The lowest BCUT2D eigenvalue weighted by Gasteiger charge is -2.04. The van der Waals surface area contributed by atoms with Crippen molar-refractivity contribution in [3.8, 4) is 22.8 Å². The molecule has 4 rings (SSSR count). The van der Waals surface area contributed by atoms with Crippen LogP contribution in [0.1, 0.15) is 16.1 Å². The quantitative estimate of drug-likeness (QED) is 0.519. The van der Waals surface area contributed by atoms with Gasteiger partial charge in [0.25, 0.3) is 5.91 Å². The number of thiazole rings is 1. The third kappa shape index (κ3) is 3.74. The van der Waals surface area contributed by atoms with Gasteiger partial charge in [-0.1, -0.05) is 17.7 Å². The second-order valence-corrected chi connectivity index (χ2v) is 7.03. The van der Waals surface area contributed by atoms with Crippen LogP contribution in [0.5, 0.6) is 0 Å². The number of hydrogen-bond donors (Lipinski definition) is 2. The average Bonchev–Trinajstić information content (AvgIpc) is 3.36. The number of carbonyl (C=O) groups excluding carboxylic acids is 1. The van der Waals surface area contributed by atoms with Gasteiger partial charge >= 0.3 is 0 Å². The van der Waals surface area contributed by atoms with Crippen LogP contribution in [0.4, 0.5) is 5.69 Å². The molecule has 8 heteroatoms. The van der Waals surface area contributed by atoms with Crippen molar-refractivity contribution in [1.29, 1.82) is 0 Å². The standard InChI is InChI=1S/C19H14ClN5OS/c1-11-2-5-13(20)8-15(11)18-23-17(24-25-18)12-3-6-14(7-4-12)22-19(26)16-9-27-10-21-16/h2-10H,1H3,(H,22,26)(H,23,24,25). The van der Waals surface area contributed by atoms with E-state index >= 15 is 0 Å². The first-order valence-electron chi connectivity index (χ1n) is 8.09. The molecule has 1 amide bonds. The first kappa shape index (κ1) is 17.4. The van der Waals surface area contributed by atoms with Gasteiger partial charge in [-0.25, -0.2) is 9.97 Å². The van der Waals surface area contributed by atoms with Crippen LogP contribution in [-0.4, -0.2) is 26.1 Å². The van der Waals surface area contributed by atoms with Gasteiger partial charge in [0.15, 0.2) is 11.6 Å². The highest BCUT2D eigenvalue weighted by atomic mass is 35.5. The number of halogens is 1. The number of amides is 1. The number of nitrogens with one attached hydrogen (secondary N) is 2. The van der Waals surface area contributed by atoms with Crippen LogP contribution in [0, 0.1) is 6.92 Å². The SMILES string of the molecule is Cc1ccc(Cl)cc1-c1nc(-c2ccc(NC(=O)c3cscn3)cc2)n[nH]1. The molecule has 0 radical (unpaired) electrons. The molecule has 0 fully saturated rings. The lowest BCUT2D eigenvalue weighted by molar-refractivity contribution is 0.102. The minimum atomic E-state index is -0.236. The Kier molecular flexibility index (Phi) is 4.70. The van der Waals surface area contributed by atoms with Crippen molar-refractivity contribution in [1.82, 2.24) is 20.2 Å². The van der Waals surface area contributed by atoms with Crippen LogP contribution in [0.25, 0.3) is 22.8 Å². The van der Waals surface area contributed by atoms with Gasteiger partial charge in [0.05, 0.1) is 5.51 Å². The van der Waals surface area contributed by atoms with Gasteiger partial charge in [0.2, 0.25) is 0 Å². The third-order valence-corrected chi connectivity index (χ3v) is 4.83. The van der Waals surface area contributed by atoms with Gasteiger partial charge in [-0.2, -0.15) is 5.10 Å². The minimum Gasteiger partial charge on any atom is -0.321 e. The van der Waals surface area contributed by atoms with E-state index in [-0.39, 0.29) is 5.91 Å². The van der Waals surface area contributed by atoms with E-state index in [9.17, 15) is 4.79 Å². The van der Waals surface area contributed by atoms with Crippen molar-refractivity contribution in [2.75, 3.05) is 5.32 Å². The summed E-state index contributed by atoms with van der Waals surface area (Å²) in [7, 11) is 0. The molecule has 2 aromatic carbocycles. The third-order valence-electron chi connectivity index (χ3n) is 4.01. The molecule has 0 spiro atoms. The minimum absolute atomic E-state index is 0.236. The molecule has 2 N–H and O–H groups in total. The van der Waals surface area contributed by atoms with Gasteiger partial charge in [-0.15, -0.1) is 11.3 Å². The molecular weight excluding hydrogens is 382 g/mol. The Morgan fingerprint density at radius 2 is 2.00 bits per heavy atom. The maximum atomic E-state index is 12.0. The fourth-order valence-corrected chi connectivity index (χ4v) is 3.29. The fourth-order valence-electron chi connectivity index (χ4n) is 2.58. The van der Waals surface area contributed by atoms with Crippen LogP contribution in [0.15, 0.2) is 53.4 Å². The molecule has 0 unspecified atom stereocenters. The number of nitrogens with zero attached hydrogens (tertiary/aromatic N) is 3. The molecule has 0 bridgehead atoms. The van der Waals surface area contributed by atoms with E-state index in [2.05, 4.69) is 25.5 Å². The topological polar surface area (TPSA) is 83.6 Å². The molecule has 0 aliphatic rings. The molecular formula is C19H14ClN5OS. The van der Waals surface area contributed by atoms with Crippen molar-refractivity contribution < 1.29 is 4.79 Å². The number of carbonyl (C=O) groups is 1. The summed E-state index contributed by atoms with van der Waals surface area (Å²) in [6.45, 7) is 1.99. The largest absolute Gasteiger partial charge is 0.321 e. The number of aromatic amines is 1. The summed E-state index contributed by atoms with van der Waals surface area (Å²) in [6, 6.07) is 13.0. The summed E-state index contributed by atoms with van der Waals surface area (Å²) in [5.41, 5.74) is 5.51. The molecule has 2 aromatic heterocycles. The highest BCUT2D eigenvalue weighted by molar-refractivity contribution is 7.07. The number of benzene rings is 2. The first-order valence-corrected chi connectivity index (χ1v) is 9.41. The number of H-pyrrole nitrogens is 1. The zero-order valence-electron chi connectivity index (χ0n) is 14.2. The molecule has 6 nitrogen and oxygen atoms in total. The maximum Gasteiger partial charge on any atom is 0.275 e. The summed E-state index contributed by atoms with van der Waals surface area (Å²) in [5, 5.41) is 12.4. The highest BCUT2D eigenvalue weighted by Gasteiger charge is 2.11. The maximum absolute atomic E-state index is 12.0. The normalized spacial score (nSPS) is 10.7. The molecule has 0 aliphatic heterocycles. The zero-order valence-corrected chi connectivity index (χ0v) is 15.8. The van der Waals surface area contributed by atoms with Crippen molar-refractivity contribution >= 4 is 34.5 Å². The number of anilines is 1. The smallest absolute Gasteiger partial charge is 0.275 e. The first-order chi connectivity index (χ1) is 13.1. The number of aromatic nitrogens is 4. The second-order valence-electron chi connectivity index (χ2n) is 5.87. The average molecular weight is 396 g/mol. The Morgan fingerprint density at radius 1 is 1.19 bits per heavy atom. The molecule has 0 atom stereocenters. The van der Waals surface area contributed by atoms with Gasteiger partial charge in [-0.3, -0.25) is 9.89 Å². The Hall–Kier alpha value is -3.03. The lowest BCUT2D eigenvalue weighted by atomic mass is 10.1. The van der Waals surface area contributed by atoms with E-state index in [1.165, 1.54) is 11.3 Å². The predicted molar refractivity (Wildman–Crippen MR) is 107 cm³/mol. The number of hydrogen-bond acceptors (Lipinski definition) is 5. The van der Waals surface area contributed by atoms with Crippen LogP contribution < -0.4 is 5.32 Å². The van der Waals surface area contributed by atoms with Gasteiger partial charge in [-0.05, 0) is 48.9 Å². The monoisotopic (exact) mass is 395 g/mol. The lowest BCUT2D eigenvalue weighted by Crippen LogP contribution is -2.11. The van der Waals surface area contributed by atoms with Crippen molar-refractivity contribution in [3.63, 3.8) is 0 Å². The van der Waals surface area contributed by atoms with Crippen molar-refractivity contribution in [2.45, 2.75) is 6.92 Å². The van der Waals surface area contributed by atoms with E-state index in [4.69, 9.17) is 11.6 Å². The summed E-state index contributed by atoms with van der Waals surface area (Å²) < 4.78 is 0. The zero-order chi connectivity index (χ0) is 18.8. The van der Waals surface area contributed by atoms with Crippen LogP contribution >= 0.6 is 22.9 Å². The summed E-state index contributed by atoms with van der Waals surface area (Å²) in [4.78, 5) is 20.6. The summed E-state index contributed by atoms with van der Waals surface area (Å²) in [5.74, 6) is 0.994. The highest BCUT2D eigenvalue weighted by Crippen LogP contribution is 2.26. The molecule has 27 heavy (non-hydrogen) atoms. The van der Waals surface area contributed by atoms with Crippen molar-refractivity contribution in [3.05, 3.63) is 69.6 Å². The van der Waals surface area contributed by atoms with Crippen molar-refractivity contribution in [2.24, 2.45) is 0 Å². The number of rotatable bonds is 4.